The van der Waals surface area contributed by atoms with Gasteiger partial charge in [0.2, 0.25) is 0 Å². The first-order valence-electron chi connectivity index (χ1n) is 7.14. The Labute approximate surface area is 98.9 Å². The molecule has 2 N–H and O–H groups in total. The van der Waals surface area contributed by atoms with Gasteiger partial charge in [0.15, 0.2) is 0 Å². The number of nitrogens with two attached hydrogens (primary N) is 1. The van der Waals surface area contributed by atoms with Crippen LogP contribution in [-0.2, 0) is 4.74 Å². The average Bonchev–Trinajstić information content (AvgIpc) is 3.14. The van der Waals surface area contributed by atoms with Crippen molar-refractivity contribution in [2.75, 3.05) is 13.2 Å². The topological polar surface area (TPSA) is 35.2 Å². The summed E-state index contributed by atoms with van der Waals surface area (Å²) in [7, 11) is 0. The van der Waals surface area contributed by atoms with Crippen LogP contribution in [0.5, 0.6) is 0 Å². The first kappa shape index (κ1) is 11.0. The zero-order chi connectivity index (χ0) is 11.0. The van der Waals surface area contributed by atoms with E-state index in [0.717, 1.165) is 25.0 Å². The van der Waals surface area contributed by atoms with E-state index in [0.29, 0.717) is 5.92 Å². The quantitative estimate of drug-likeness (QED) is 0.781. The molecule has 2 aliphatic carbocycles. The first-order chi connectivity index (χ1) is 7.78. The Bertz CT molecular complexity index is 245. The Hall–Kier alpha value is -0.0800. The van der Waals surface area contributed by atoms with Crippen molar-refractivity contribution in [2.45, 2.75) is 56.9 Å². The van der Waals surface area contributed by atoms with Crippen molar-refractivity contribution in [1.29, 1.82) is 0 Å². The Morgan fingerprint density at radius 1 is 1.00 bits per heavy atom. The van der Waals surface area contributed by atoms with E-state index in [2.05, 4.69) is 0 Å². The predicted molar refractivity (Wildman–Crippen MR) is 65.1 cm³/mol. The molecule has 0 aromatic heterocycles. The number of hydrogen-bond donors (Lipinski definition) is 1. The normalized spacial score (nSPS) is 45.6. The van der Waals surface area contributed by atoms with Crippen molar-refractivity contribution in [3.8, 4) is 0 Å². The van der Waals surface area contributed by atoms with Gasteiger partial charge < -0.3 is 10.5 Å². The maximum atomic E-state index is 6.71. The molecule has 3 aliphatic rings. The molecule has 0 spiro atoms. The molecule has 3 atom stereocenters. The lowest BCUT2D eigenvalue weighted by atomic mass is 9.67. The van der Waals surface area contributed by atoms with Crippen molar-refractivity contribution in [1.82, 2.24) is 0 Å². The second kappa shape index (κ2) is 4.30. The van der Waals surface area contributed by atoms with Gasteiger partial charge in [0, 0.05) is 18.1 Å². The van der Waals surface area contributed by atoms with E-state index in [4.69, 9.17) is 10.5 Å². The smallest absolute Gasteiger partial charge is 0.0511 e. The molecule has 0 bridgehead atoms. The van der Waals surface area contributed by atoms with E-state index in [9.17, 15) is 0 Å². The van der Waals surface area contributed by atoms with Gasteiger partial charge in [0.1, 0.15) is 0 Å². The molecule has 1 saturated heterocycles. The monoisotopic (exact) mass is 223 g/mol. The standard InChI is InChI=1S/C14H25NO/c15-14(13-4-2-8-16-10-13)7-1-3-12(9-14)11-5-6-11/h11-13H,1-10,15H2. The molecule has 2 saturated carbocycles. The molecule has 2 heteroatoms. The largest absolute Gasteiger partial charge is 0.381 e. The molecule has 16 heavy (non-hydrogen) atoms. The minimum Gasteiger partial charge on any atom is -0.381 e. The maximum Gasteiger partial charge on any atom is 0.0511 e. The van der Waals surface area contributed by atoms with Gasteiger partial charge in [-0.1, -0.05) is 12.8 Å². The molecule has 3 unspecified atom stereocenters. The number of rotatable bonds is 2. The second-order valence-electron chi connectivity index (χ2n) is 6.34. The van der Waals surface area contributed by atoms with Gasteiger partial charge in [0.05, 0.1) is 6.61 Å². The predicted octanol–water partition coefficient (Wildman–Crippen LogP) is 2.71. The van der Waals surface area contributed by atoms with E-state index >= 15 is 0 Å². The van der Waals surface area contributed by atoms with Gasteiger partial charge >= 0.3 is 0 Å². The molecule has 2 nitrogen and oxygen atoms in total. The molecule has 3 rings (SSSR count). The van der Waals surface area contributed by atoms with Gasteiger partial charge in [-0.15, -0.1) is 0 Å². The molecule has 0 amide bonds. The second-order valence-corrected chi connectivity index (χ2v) is 6.34. The molecule has 1 aliphatic heterocycles. The van der Waals surface area contributed by atoms with Crippen LogP contribution in [0.1, 0.15) is 51.4 Å². The van der Waals surface area contributed by atoms with Crippen LogP contribution in [0.25, 0.3) is 0 Å². The Balaban J connectivity index is 1.65. The third kappa shape index (κ3) is 2.14. The highest BCUT2D eigenvalue weighted by Crippen LogP contribution is 2.48. The fourth-order valence-electron chi connectivity index (χ4n) is 3.92. The van der Waals surface area contributed by atoms with Gasteiger partial charge in [-0.2, -0.15) is 0 Å². The van der Waals surface area contributed by atoms with Crippen molar-refractivity contribution < 1.29 is 4.74 Å². The van der Waals surface area contributed by atoms with Crippen molar-refractivity contribution >= 4 is 0 Å². The summed E-state index contributed by atoms with van der Waals surface area (Å²) in [5, 5.41) is 0. The molecule has 0 radical (unpaired) electrons. The highest BCUT2D eigenvalue weighted by atomic mass is 16.5. The first-order valence-corrected chi connectivity index (χ1v) is 7.14. The Morgan fingerprint density at radius 3 is 2.56 bits per heavy atom. The highest BCUT2D eigenvalue weighted by molar-refractivity contribution is 4.99. The number of hydrogen-bond acceptors (Lipinski definition) is 2. The fraction of sp³-hybridized carbons (Fsp3) is 1.00. The summed E-state index contributed by atoms with van der Waals surface area (Å²) in [5.74, 6) is 2.62. The summed E-state index contributed by atoms with van der Waals surface area (Å²) in [4.78, 5) is 0. The van der Waals surface area contributed by atoms with E-state index < -0.39 is 0 Å². The zero-order valence-corrected chi connectivity index (χ0v) is 10.3. The lowest BCUT2D eigenvalue weighted by Crippen LogP contribution is -2.53. The van der Waals surface area contributed by atoms with Crippen LogP contribution < -0.4 is 5.73 Å². The molecule has 3 fully saturated rings. The van der Waals surface area contributed by atoms with Crippen LogP contribution >= 0.6 is 0 Å². The summed E-state index contributed by atoms with van der Waals surface area (Å²) in [6.45, 7) is 1.88. The summed E-state index contributed by atoms with van der Waals surface area (Å²) in [6, 6.07) is 0. The van der Waals surface area contributed by atoms with Crippen molar-refractivity contribution in [3.05, 3.63) is 0 Å². The van der Waals surface area contributed by atoms with E-state index in [-0.39, 0.29) is 5.54 Å². The lowest BCUT2D eigenvalue weighted by Gasteiger charge is -2.45. The summed E-state index contributed by atoms with van der Waals surface area (Å²) in [6.07, 6.45) is 10.8. The Kier molecular flexibility index (Phi) is 2.97. The fourth-order valence-corrected chi connectivity index (χ4v) is 3.92. The van der Waals surface area contributed by atoms with Gasteiger partial charge in [-0.05, 0) is 50.4 Å². The van der Waals surface area contributed by atoms with Crippen LogP contribution in [0, 0.1) is 17.8 Å². The average molecular weight is 223 g/mol. The van der Waals surface area contributed by atoms with E-state index in [1.165, 1.54) is 51.4 Å². The highest BCUT2D eigenvalue weighted by Gasteiger charge is 2.44. The summed E-state index contributed by atoms with van der Waals surface area (Å²) in [5.41, 5.74) is 6.83. The minimum atomic E-state index is 0.117. The van der Waals surface area contributed by atoms with Crippen LogP contribution in [0.4, 0.5) is 0 Å². The van der Waals surface area contributed by atoms with Gasteiger partial charge in [-0.25, -0.2) is 0 Å². The Morgan fingerprint density at radius 2 is 1.88 bits per heavy atom. The molecule has 0 aromatic rings. The molecule has 92 valence electrons. The number of ether oxygens (including phenoxy) is 1. The summed E-state index contributed by atoms with van der Waals surface area (Å²) >= 11 is 0. The van der Waals surface area contributed by atoms with Crippen LogP contribution in [0.2, 0.25) is 0 Å². The zero-order valence-electron chi connectivity index (χ0n) is 10.3. The molecular weight excluding hydrogens is 198 g/mol. The van der Waals surface area contributed by atoms with Crippen molar-refractivity contribution in [2.24, 2.45) is 23.5 Å². The third-order valence-electron chi connectivity index (χ3n) is 5.12. The van der Waals surface area contributed by atoms with E-state index in [1.807, 2.05) is 0 Å². The van der Waals surface area contributed by atoms with Crippen LogP contribution in [0.3, 0.4) is 0 Å². The van der Waals surface area contributed by atoms with Crippen molar-refractivity contribution in [3.63, 3.8) is 0 Å². The van der Waals surface area contributed by atoms with Gasteiger partial charge in [0.25, 0.3) is 0 Å². The molecule has 1 heterocycles. The molecular formula is C14H25NO. The summed E-state index contributed by atoms with van der Waals surface area (Å²) < 4.78 is 5.63. The lowest BCUT2D eigenvalue weighted by molar-refractivity contribution is 0.00203. The molecule has 0 aromatic carbocycles. The van der Waals surface area contributed by atoms with Crippen LogP contribution in [0.15, 0.2) is 0 Å². The van der Waals surface area contributed by atoms with Gasteiger partial charge in [-0.3, -0.25) is 0 Å². The van der Waals surface area contributed by atoms with E-state index in [1.54, 1.807) is 0 Å². The van der Waals surface area contributed by atoms with Crippen LogP contribution in [-0.4, -0.2) is 18.8 Å². The maximum absolute atomic E-state index is 6.71. The third-order valence-corrected chi connectivity index (χ3v) is 5.12. The SMILES string of the molecule is NC1(C2CCCOC2)CCCC(C2CC2)C1. The minimum absolute atomic E-state index is 0.117.